The summed E-state index contributed by atoms with van der Waals surface area (Å²) in [6, 6.07) is 3.55. The zero-order chi connectivity index (χ0) is 19.0. The lowest BCUT2D eigenvalue weighted by Crippen LogP contribution is -2.49. The van der Waals surface area contributed by atoms with Crippen molar-refractivity contribution in [3.05, 3.63) is 47.1 Å². The minimum Gasteiger partial charge on any atom is -0.507 e. The van der Waals surface area contributed by atoms with E-state index in [1.165, 1.54) is 5.57 Å². The number of likely N-dealkylation sites (tertiary alicyclic amines) is 1. The first-order valence-corrected chi connectivity index (χ1v) is 9.39. The van der Waals surface area contributed by atoms with Crippen molar-refractivity contribution in [3.8, 4) is 11.5 Å². The smallest absolute Gasteiger partial charge is 0.219 e. The molecule has 0 spiro atoms. The van der Waals surface area contributed by atoms with Gasteiger partial charge in [0.1, 0.15) is 11.5 Å². The number of carbonyl (C=O) groups excluding carboxylic acids is 1. The molecule has 26 heavy (non-hydrogen) atoms. The third kappa shape index (κ3) is 3.64. The molecule has 1 fully saturated rings. The molecule has 2 aliphatic rings. The van der Waals surface area contributed by atoms with Gasteiger partial charge in [-0.3, -0.25) is 4.79 Å². The van der Waals surface area contributed by atoms with E-state index in [0.29, 0.717) is 11.5 Å². The molecule has 0 saturated carbocycles. The van der Waals surface area contributed by atoms with Crippen LogP contribution in [0.1, 0.15) is 50.7 Å². The van der Waals surface area contributed by atoms with E-state index in [9.17, 15) is 15.0 Å². The molecule has 0 aromatic heterocycles. The highest BCUT2D eigenvalue weighted by atomic mass is 16.3. The summed E-state index contributed by atoms with van der Waals surface area (Å²) in [6.07, 6.45) is 4.94. The maximum Gasteiger partial charge on any atom is 0.219 e. The number of nitrogens with zero attached hydrogens (tertiary/aromatic N) is 1. The Morgan fingerprint density at radius 3 is 2.38 bits per heavy atom. The molecule has 140 valence electrons. The van der Waals surface area contributed by atoms with E-state index in [4.69, 9.17) is 0 Å². The van der Waals surface area contributed by atoms with Gasteiger partial charge in [-0.25, -0.2) is 0 Å². The summed E-state index contributed by atoms with van der Waals surface area (Å²) in [6.45, 7) is 11.3. The van der Waals surface area contributed by atoms with Crippen LogP contribution in [-0.4, -0.2) is 34.1 Å². The minimum absolute atomic E-state index is 0.0350. The molecule has 1 heterocycles. The van der Waals surface area contributed by atoms with E-state index in [1.807, 2.05) is 11.8 Å². The topological polar surface area (TPSA) is 60.8 Å². The van der Waals surface area contributed by atoms with Gasteiger partial charge in [0.2, 0.25) is 5.91 Å². The summed E-state index contributed by atoms with van der Waals surface area (Å²) in [5.74, 6) is 1.01. The van der Waals surface area contributed by atoms with Crippen LogP contribution in [0.4, 0.5) is 0 Å². The van der Waals surface area contributed by atoms with Crippen molar-refractivity contribution in [2.45, 2.75) is 46.0 Å². The Morgan fingerprint density at radius 1 is 1.23 bits per heavy atom. The minimum atomic E-state index is -0.0350. The summed E-state index contributed by atoms with van der Waals surface area (Å²) < 4.78 is 0. The molecule has 2 N–H and O–H groups in total. The number of phenolic OH excluding ortho intramolecular Hbond substituents is 2. The van der Waals surface area contributed by atoms with Crippen LogP contribution in [0.3, 0.4) is 0 Å². The quantitative estimate of drug-likeness (QED) is 0.798. The molecule has 1 unspecified atom stereocenters. The van der Waals surface area contributed by atoms with Crippen molar-refractivity contribution in [1.29, 1.82) is 0 Å². The van der Waals surface area contributed by atoms with E-state index < -0.39 is 0 Å². The van der Waals surface area contributed by atoms with Crippen LogP contribution in [0.25, 0.3) is 0 Å². The number of carbonyl (C=O) groups is 1. The highest BCUT2D eigenvalue weighted by Crippen LogP contribution is 2.46. The van der Waals surface area contributed by atoms with E-state index in [1.54, 1.807) is 19.1 Å². The molecular weight excluding hydrogens is 326 g/mol. The number of rotatable bonds is 4. The maximum atomic E-state index is 11.3. The molecule has 2 atom stereocenters. The summed E-state index contributed by atoms with van der Waals surface area (Å²) in [5.41, 5.74) is 3.90. The van der Waals surface area contributed by atoms with Crippen LogP contribution in [0.2, 0.25) is 0 Å². The predicted molar refractivity (Wildman–Crippen MR) is 103 cm³/mol. The van der Waals surface area contributed by atoms with Crippen molar-refractivity contribution in [2.75, 3.05) is 13.1 Å². The van der Waals surface area contributed by atoms with Crippen LogP contribution in [0.5, 0.6) is 11.5 Å². The molecule has 1 amide bonds. The number of aromatic hydroxyl groups is 2. The van der Waals surface area contributed by atoms with Crippen molar-refractivity contribution < 1.29 is 15.0 Å². The van der Waals surface area contributed by atoms with E-state index in [-0.39, 0.29) is 29.2 Å². The lowest BCUT2D eigenvalue weighted by atomic mass is 9.73. The Morgan fingerprint density at radius 2 is 1.85 bits per heavy atom. The average Bonchev–Trinajstić information content (AvgIpc) is 2.49. The molecule has 1 aliphatic carbocycles. The first-order chi connectivity index (χ1) is 12.3. The zero-order valence-corrected chi connectivity index (χ0v) is 16.0. The van der Waals surface area contributed by atoms with Gasteiger partial charge in [-0.15, -0.1) is 0 Å². The SMILES string of the molecule is C=C(C)C1CCC(C)=C[C@H]1c1c(O)cc(CC2CN(C(C)=O)C2)cc1O. The van der Waals surface area contributed by atoms with Gasteiger partial charge in [0.05, 0.1) is 0 Å². The summed E-state index contributed by atoms with van der Waals surface area (Å²) >= 11 is 0. The Labute approximate surface area is 155 Å². The van der Waals surface area contributed by atoms with E-state index in [2.05, 4.69) is 19.6 Å². The number of allylic oxidation sites excluding steroid dienone is 3. The van der Waals surface area contributed by atoms with E-state index >= 15 is 0 Å². The number of phenols is 2. The van der Waals surface area contributed by atoms with Gasteiger partial charge in [0.25, 0.3) is 0 Å². The molecule has 0 radical (unpaired) electrons. The normalized spacial score (nSPS) is 23.3. The fraction of sp³-hybridized carbons (Fsp3) is 0.500. The van der Waals surface area contributed by atoms with Crippen LogP contribution in [0, 0.1) is 11.8 Å². The van der Waals surface area contributed by atoms with Crippen molar-refractivity contribution >= 4 is 5.91 Å². The molecule has 0 bridgehead atoms. The Bertz CT molecular complexity index is 736. The molecule has 4 heteroatoms. The first kappa shape index (κ1) is 18.6. The first-order valence-electron chi connectivity index (χ1n) is 9.39. The lowest BCUT2D eigenvalue weighted by Gasteiger charge is -2.39. The molecule has 1 aromatic rings. The van der Waals surface area contributed by atoms with Crippen LogP contribution in [0.15, 0.2) is 35.9 Å². The molecule has 3 rings (SSSR count). The molecule has 4 nitrogen and oxygen atoms in total. The second kappa shape index (κ2) is 7.18. The van der Waals surface area contributed by atoms with Gasteiger partial charge < -0.3 is 15.1 Å². The Kier molecular flexibility index (Phi) is 5.12. The van der Waals surface area contributed by atoms with Gasteiger partial charge in [-0.1, -0.05) is 23.8 Å². The predicted octanol–water partition coefficient (Wildman–Crippen LogP) is 4.13. The fourth-order valence-electron chi connectivity index (χ4n) is 4.33. The summed E-state index contributed by atoms with van der Waals surface area (Å²) in [4.78, 5) is 13.1. The highest BCUT2D eigenvalue weighted by molar-refractivity contribution is 5.74. The monoisotopic (exact) mass is 355 g/mol. The Hall–Kier alpha value is -2.23. The van der Waals surface area contributed by atoms with Crippen LogP contribution >= 0.6 is 0 Å². The summed E-state index contributed by atoms with van der Waals surface area (Å²) in [7, 11) is 0. The largest absolute Gasteiger partial charge is 0.507 e. The zero-order valence-electron chi connectivity index (χ0n) is 16.0. The Balaban J connectivity index is 1.82. The van der Waals surface area contributed by atoms with Gasteiger partial charge in [0.15, 0.2) is 0 Å². The molecule has 1 aliphatic heterocycles. The van der Waals surface area contributed by atoms with E-state index in [0.717, 1.165) is 43.5 Å². The lowest BCUT2D eigenvalue weighted by molar-refractivity contribution is -0.134. The number of amides is 1. The second-order valence-electron chi connectivity index (χ2n) is 8.07. The number of hydrogen-bond acceptors (Lipinski definition) is 3. The maximum absolute atomic E-state index is 11.3. The fourth-order valence-corrected chi connectivity index (χ4v) is 4.33. The molecule has 1 saturated heterocycles. The average molecular weight is 355 g/mol. The highest BCUT2D eigenvalue weighted by Gasteiger charge is 2.32. The molecular formula is C22H29NO3. The molecule has 1 aromatic carbocycles. The van der Waals surface area contributed by atoms with Gasteiger partial charge in [-0.2, -0.15) is 0 Å². The standard InChI is InChI=1S/C22H29NO3/c1-13(2)18-6-5-14(3)7-19(18)22-20(25)9-16(10-21(22)26)8-17-11-23(12-17)15(4)24/h7,9-10,17-19,25-26H,1,5-6,8,11-12H2,2-4H3/t18?,19-/m1/s1. The number of hydrogen-bond donors (Lipinski definition) is 2. The van der Waals surface area contributed by atoms with Crippen molar-refractivity contribution in [1.82, 2.24) is 4.90 Å². The van der Waals surface area contributed by atoms with Crippen LogP contribution < -0.4 is 0 Å². The summed E-state index contributed by atoms with van der Waals surface area (Å²) in [5, 5.41) is 21.3. The van der Waals surface area contributed by atoms with Crippen LogP contribution in [-0.2, 0) is 11.2 Å². The second-order valence-corrected chi connectivity index (χ2v) is 8.07. The number of benzene rings is 1. The van der Waals surface area contributed by atoms with Gasteiger partial charge in [0, 0.05) is 31.5 Å². The van der Waals surface area contributed by atoms with Gasteiger partial charge >= 0.3 is 0 Å². The van der Waals surface area contributed by atoms with Crippen molar-refractivity contribution in [3.63, 3.8) is 0 Å². The van der Waals surface area contributed by atoms with Gasteiger partial charge in [-0.05, 0) is 62.6 Å². The third-order valence-corrected chi connectivity index (χ3v) is 5.84. The third-order valence-electron chi connectivity index (χ3n) is 5.84. The van der Waals surface area contributed by atoms with Crippen molar-refractivity contribution in [2.24, 2.45) is 11.8 Å².